The third-order valence-corrected chi connectivity index (χ3v) is 3.51. The molecule has 0 saturated heterocycles. The number of nitrogens with zero attached hydrogens (tertiary/aromatic N) is 1. The Hall–Kier alpha value is -2.51. The molecule has 0 spiro atoms. The average molecular weight is 283 g/mol. The molecule has 21 heavy (non-hydrogen) atoms. The number of hydrogen-bond acceptors (Lipinski definition) is 4. The number of aliphatic hydroxyl groups is 1. The van der Waals surface area contributed by atoms with E-state index in [2.05, 4.69) is 6.07 Å². The van der Waals surface area contributed by atoms with Crippen molar-refractivity contribution in [3.63, 3.8) is 0 Å². The minimum absolute atomic E-state index is 0.545. The van der Waals surface area contributed by atoms with Gasteiger partial charge in [-0.1, -0.05) is 12.1 Å². The van der Waals surface area contributed by atoms with Crippen molar-refractivity contribution in [2.75, 3.05) is 14.2 Å². The van der Waals surface area contributed by atoms with Crippen molar-refractivity contribution < 1.29 is 14.6 Å². The van der Waals surface area contributed by atoms with Crippen LogP contribution in [0.4, 0.5) is 0 Å². The molecule has 1 N–H and O–H groups in total. The fourth-order valence-corrected chi connectivity index (χ4v) is 2.23. The predicted molar refractivity (Wildman–Crippen MR) is 79.4 cm³/mol. The lowest BCUT2D eigenvalue weighted by atomic mass is 9.87. The first kappa shape index (κ1) is 14.9. The summed E-state index contributed by atoms with van der Waals surface area (Å²) in [6.45, 7) is 1.69. The molecular weight excluding hydrogens is 266 g/mol. The number of rotatable bonds is 4. The molecule has 0 radical (unpaired) electrons. The molecule has 0 aliphatic heterocycles. The molecule has 0 saturated carbocycles. The summed E-state index contributed by atoms with van der Waals surface area (Å²) in [5.41, 5.74) is 0.641. The highest BCUT2D eigenvalue weighted by molar-refractivity contribution is 5.48. The predicted octanol–water partition coefficient (Wildman–Crippen LogP) is 2.83. The Balaban J connectivity index is 2.49. The Morgan fingerprint density at radius 3 is 2.24 bits per heavy atom. The van der Waals surface area contributed by atoms with Crippen LogP contribution in [0, 0.1) is 11.3 Å². The first-order chi connectivity index (χ1) is 10.0. The van der Waals surface area contributed by atoms with E-state index in [0.717, 1.165) is 0 Å². The van der Waals surface area contributed by atoms with Gasteiger partial charge in [0.15, 0.2) is 0 Å². The SMILES string of the molecule is COc1ccc(C(C)(O)c2ccc(C#N)cc2)c(OC)c1. The van der Waals surface area contributed by atoms with Crippen LogP contribution in [-0.2, 0) is 5.60 Å². The summed E-state index contributed by atoms with van der Waals surface area (Å²) in [6, 6.07) is 14.2. The monoisotopic (exact) mass is 283 g/mol. The van der Waals surface area contributed by atoms with Gasteiger partial charge in [-0.05, 0) is 36.8 Å². The van der Waals surface area contributed by atoms with Gasteiger partial charge in [0.2, 0.25) is 0 Å². The Bertz CT molecular complexity index is 669. The molecule has 108 valence electrons. The van der Waals surface area contributed by atoms with E-state index >= 15 is 0 Å². The fraction of sp³-hybridized carbons (Fsp3) is 0.235. The molecule has 4 heteroatoms. The molecular formula is C17H17NO3. The molecule has 2 aromatic rings. The Morgan fingerprint density at radius 1 is 1.05 bits per heavy atom. The van der Waals surface area contributed by atoms with E-state index in [1.165, 1.54) is 0 Å². The van der Waals surface area contributed by atoms with Crippen molar-refractivity contribution in [3.8, 4) is 17.6 Å². The molecule has 1 unspecified atom stereocenters. The zero-order valence-electron chi connectivity index (χ0n) is 12.3. The average Bonchev–Trinajstić information content (AvgIpc) is 2.54. The smallest absolute Gasteiger partial charge is 0.128 e. The second-order valence-corrected chi connectivity index (χ2v) is 4.83. The van der Waals surface area contributed by atoms with E-state index in [4.69, 9.17) is 14.7 Å². The van der Waals surface area contributed by atoms with Crippen LogP contribution in [0.25, 0.3) is 0 Å². The molecule has 0 fully saturated rings. The highest BCUT2D eigenvalue weighted by atomic mass is 16.5. The first-order valence-electron chi connectivity index (χ1n) is 6.48. The van der Waals surface area contributed by atoms with Crippen LogP contribution >= 0.6 is 0 Å². The van der Waals surface area contributed by atoms with Gasteiger partial charge in [-0.2, -0.15) is 5.26 Å². The first-order valence-corrected chi connectivity index (χ1v) is 6.48. The molecule has 1 atom stereocenters. The second kappa shape index (κ2) is 5.86. The lowest BCUT2D eigenvalue weighted by molar-refractivity contribution is 0.0988. The van der Waals surface area contributed by atoms with Gasteiger partial charge in [0.25, 0.3) is 0 Å². The van der Waals surface area contributed by atoms with E-state index in [1.807, 2.05) is 0 Å². The summed E-state index contributed by atoms with van der Waals surface area (Å²) in [4.78, 5) is 0. The Morgan fingerprint density at radius 2 is 1.71 bits per heavy atom. The van der Waals surface area contributed by atoms with Crippen LogP contribution in [-0.4, -0.2) is 19.3 Å². The van der Waals surface area contributed by atoms with Gasteiger partial charge in [-0.3, -0.25) is 0 Å². The lowest BCUT2D eigenvalue weighted by Gasteiger charge is -2.26. The maximum atomic E-state index is 10.9. The summed E-state index contributed by atoms with van der Waals surface area (Å²) < 4.78 is 10.5. The van der Waals surface area contributed by atoms with Gasteiger partial charge in [0.1, 0.15) is 17.1 Å². The largest absolute Gasteiger partial charge is 0.497 e. The van der Waals surface area contributed by atoms with Crippen molar-refractivity contribution in [1.29, 1.82) is 5.26 Å². The van der Waals surface area contributed by atoms with Gasteiger partial charge in [0, 0.05) is 11.6 Å². The minimum atomic E-state index is -1.23. The molecule has 4 nitrogen and oxygen atoms in total. The number of hydrogen-bond donors (Lipinski definition) is 1. The third kappa shape index (κ3) is 2.83. The normalized spacial score (nSPS) is 13.1. The van der Waals surface area contributed by atoms with E-state index in [9.17, 15) is 5.11 Å². The Labute approximate surface area is 124 Å². The minimum Gasteiger partial charge on any atom is -0.497 e. The number of ether oxygens (including phenoxy) is 2. The number of methoxy groups -OCH3 is 2. The molecule has 2 aromatic carbocycles. The van der Waals surface area contributed by atoms with Gasteiger partial charge in [-0.25, -0.2) is 0 Å². The van der Waals surface area contributed by atoms with Gasteiger partial charge in [0.05, 0.1) is 25.9 Å². The van der Waals surface area contributed by atoms with E-state index in [-0.39, 0.29) is 0 Å². The molecule has 0 amide bonds. The molecule has 0 bridgehead atoms. The summed E-state index contributed by atoms with van der Waals surface area (Å²) >= 11 is 0. The molecule has 0 aliphatic carbocycles. The van der Waals surface area contributed by atoms with Crippen molar-refractivity contribution in [2.45, 2.75) is 12.5 Å². The summed E-state index contributed by atoms with van der Waals surface area (Å²) in [6.07, 6.45) is 0. The highest BCUT2D eigenvalue weighted by Crippen LogP contribution is 2.37. The third-order valence-electron chi connectivity index (χ3n) is 3.51. The van der Waals surface area contributed by atoms with Crippen LogP contribution in [0.5, 0.6) is 11.5 Å². The molecule has 2 rings (SSSR count). The lowest BCUT2D eigenvalue weighted by Crippen LogP contribution is -2.23. The van der Waals surface area contributed by atoms with Crippen LogP contribution in [0.15, 0.2) is 42.5 Å². The van der Waals surface area contributed by atoms with Crippen LogP contribution in [0.1, 0.15) is 23.6 Å². The van der Waals surface area contributed by atoms with Crippen molar-refractivity contribution in [3.05, 3.63) is 59.2 Å². The van der Waals surface area contributed by atoms with E-state index in [0.29, 0.717) is 28.2 Å². The van der Waals surface area contributed by atoms with Crippen molar-refractivity contribution in [1.82, 2.24) is 0 Å². The second-order valence-electron chi connectivity index (χ2n) is 4.83. The highest BCUT2D eigenvalue weighted by Gasteiger charge is 2.29. The zero-order valence-corrected chi connectivity index (χ0v) is 12.3. The summed E-state index contributed by atoms with van der Waals surface area (Å²) in [5, 5.41) is 19.7. The van der Waals surface area contributed by atoms with Gasteiger partial charge < -0.3 is 14.6 Å². The molecule has 0 aliphatic rings. The molecule has 0 aromatic heterocycles. The summed E-state index contributed by atoms with van der Waals surface area (Å²) in [7, 11) is 3.13. The maximum absolute atomic E-state index is 10.9. The summed E-state index contributed by atoms with van der Waals surface area (Å²) in [5.74, 6) is 1.20. The quantitative estimate of drug-likeness (QED) is 0.937. The van der Waals surface area contributed by atoms with Crippen molar-refractivity contribution >= 4 is 0 Å². The molecule has 0 heterocycles. The number of benzene rings is 2. The van der Waals surface area contributed by atoms with Crippen LogP contribution in [0.2, 0.25) is 0 Å². The van der Waals surface area contributed by atoms with E-state index in [1.54, 1.807) is 63.6 Å². The maximum Gasteiger partial charge on any atom is 0.128 e. The standard InChI is InChI=1S/C17H17NO3/c1-17(19,13-6-4-12(11-18)5-7-13)15-9-8-14(20-2)10-16(15)21-3/h4-10,19H,1-3H3. The Kier molecular flexibility index (Phi) is 4.15. The fourth-order valence-electron chi connectivity index (χ4n) is 2.23. The van der Waals surface area contributed by atoms with Gasteiger partial charge >= 0.3 is 0 Å². The van der Waals surface area contributed by atoms with Crippen LogP contribution < -0.4 is 9.47 Å². The van der Waals surface area contributed by atoms with Crippen LogP contribution in [0.3, 0.4) is 0 Å². The zero-order chi connectivity index (χ0) is 15.5. The van der Waals surface area contributed by atoms with Gasteiger partial charge in [-0.15, -0.1) is 0 Å². The topological polar surface area (TPSA) is 62.5 Å². The number of nitriles is 1. The van der Waals surface area contributed by atoms with E-state index < -0.39 is 5.60 Å². The van der Waals surface area contributed by atoms with Crippen molar-refractivity contribution in [2.24, 2.45) is 0 Å².